The van der Waals surface area contributed by atoms with E-state index in [1.807, 2.05) is 12.4 Å². The highest BCUT2D eigenvalue weighted by Gasteiger charge is 2.33. The summed E-state index contributed by atoms with van der Waals surface area (Å²) < 4.78 is 23.0. The molecule has 2 unspecified atom stereocenters. The second-order valence-corrected chi connectivity index (χ2v) is 7.54. The average molecular weight is 274 g/mol. The second kappa shape index (κ2) is 5.06. The SMILES string of the molecule is CN(C1CCS(=O)(=O)C1)C(CN)c1ccsc1. The fourth-order valence-corrected chi connectivity index (χ4v) is 4.85. The summed E-state index contributed by atoms with van der Waals surface area (Å²) >= 11 is 1.64. The number of nitrogens with zero attached hydrogens (tertiary/aromatic N) is 1. The third-order valence-electron chi connectivity index (χ3n) is 3.43. The van der Waals surface area contributed by atoms with Gasteiger partial charge in [0.2, 0.25) is 0 Å². The Bertz CT molecular complexity index is 456. The highest BCUT2D eigenvalue weighted by molar-refractivity contribution is 7.91. The summed E-state index contributed by atoms with van der Waals surface area (Å²) in [5.74, 6) is 0.576. The summed E-state index contributed by atoms with van der Waals surface area (Å²) in [6, 6.07) is 2.29. The molecule has 1 saturated heterocycles. The first-order chi connectivity index (χ1) is 8.03. The Kier molecular flexibility index (Phi) is 3.87. The molecule has 2 rings (SSSR count). The molecule has 17 heavy (non-hydrogen) atoms. The minimum Gasteiger partial charge on any atom is -0.329 e. The van der Waals surface area contributed by atoms with E-state index in [1.54, 1.807) is 11.3 Å². The molecule has 0 radical (unpaired) electrons. The highest BCUT2D eigenvalue weighted by Crippen LogP contribution is 2.27. The van der Waals surface area contributed by atoms with Gasteiger partial charge >= 0.3 is 0 Å². The molecule has 1 aliphatic rings. The van der Waals surface area contributed by atoms with Gasteiger partial charge in [-0.25, -0.2) is 8.42 Å². The fourth-order valence-electron chi connectivity index (χ4n) is 2.35. The molecule has 1 fully saturated rings. The predicted octanol–water partition coefficient (Wildman–Crippen LogP) is 0.867. The molecular formula is C11H18N2O2S2. The van der Waals surface area contributed by atoms with Crippen molar-refractivity contribution >= 4 is 21.2 Å². The first kappa shape index (κ1) is 13.0. The summed E-state index contributed by atoms with van der Waals surface area (Å²) in [6.45, 7) is 0.518. The maximum Gasteiger partial charge on any atom is 0.151 e. The van der Waals surface area contributed by atoms with Crippen LogP contribution in [0.4, 0.5) is 0 Å². The molecule has 0 amide bonds. The van der Waals surface area contributed by atoms with Crippen LogP contribution in [0.3, 0.4) is 0 Å². The molecule has 1 aromatic rings. The van der Waals surface area contributed by atoms with E-state index >= 15 is 0 Å². The average Bonchev–Trinajstić information content (AvgIpc) is 2.88. The quantitative estimate of drug-likeness (QED) is 0.885. The number of likely N-dealkylation sites (N-methyl/N-ethyl adjacent to an activating group) is 1. The molecule has 0 bridgehead atoms. The molecule has 0 aliphatic carbocycles. The van der Waals surface area contributed by atoms with E-state index in [9.17, 15) is 8.42 Å². The lowest BCUT2D eigenvalue weighted by Gasteiger charge is -2.31. The lowest BCUT2D eigenvalue weighted by Crippen LogP contribution is -2.39. The van der Waals surface area contributed by atoms with Crippen LogP contribution >= 0.6 is 11.3 Å². The van der Waals surface area contributed by atoms with Crippen molar-refractivity contribution in [3.05, 3.63) is 22.4 Å². The predicted molar refractivity (Wildman–Crippen MR) is 70.9 cm³/mol. The lowest BCUT2D eigenvalue weighted by molar-refractivity contribution is 0.193. The molecule has 2 heterocycles. The maximum absolute atomic E-state index is 11.5. The number of hydrogen-bond donors (Lipinski definition) is 1. The summed E-state index contributed by atoms with van der Waals surface area (Å²) in [4.78, 5) is 2.12. The van der Waals surface area contributed by atoms with Gasteiger partial charge in [0.15, 0.2) is 9.84 Å². The Balaban J connectivity index is 2.11. The van der Waals surface area contributed by atoms with Crippen molar-refractivity contribution in [1.29, 1.82) is 0 Å². The van der Waals surface area contributed by atoms with Crippen molar-refractivity contribution in [3.63, 3.8) is 0 Å². The van der Waals surface area contributed by atoms with E-state index < -0.39 is 9.84 Å². The van der Waals surface area contributed by atoms with E-state index in [0.29, 0.717) is 12.3 Å². The zero-order valence-corrected chi connectivity index (χ0v) is 11.5. The first-order valence-electron chi connectivity index (χ1n) is 5.68. The summed E-state index contributed by atoms with van der Waals surface area (Å²) in [6.07, 6.45) is 0.722. The summed E-state index contributed by atoms with van der Waals surface area (Å²) in [5.41, 5.74) is 7.00. The normalized spacial score (nSPS) is 25.2. The molecule has 0 aromatic carbocycles. The Morgan fingerprint density at radius 3 is 2.88 bits per heavy atom. The maximum atomic E-state index is 11.5. The molecule has 0 saturated carbocycles. The second-order valence-electron chi connectivity index (χ2n) is 4.53. The first-order valence-corrected chi connectivity index (χ1v) is 8.44. The van der Waals surface area contributed by atoms with Gasteiger partial charge in [0, 0.05) is 18.6 Å². The van der Waals surface area contributed by atoms with Gasteiger partial charge in [-0.3, -0.25) is 4.90 Å². The van der Waals surface area contributed by atoms with Gasteiger partial charge in [0.05, 0.1) is 11.5 Å². The molecule has 0 spiro atoms. The third kappa shape index (κ3) is 2.88. The van der Waals surface area contributed by atoms with Crippen LogP contribution in [-0.2, 0) is 9.84 Å². The van der Waals surface area contributed by atoms with Crippen LogP contribution in [0.2, 0.25) is 0 Å². The standard InChI is InChI=1S/C11H18N2O2S2/c1-13(10-3-5-17(14,15)8-10)11(6-12)9-2-4-16-7-9/h2,4,7,10-11H,3,5-6,8,12H2,1H3. The lowest BCUT2D eigenvalue weighted by atomic mass is 10.1. The Labute approximate surface area is 106 Å². The van der Waals surface area contributed by atoms with Crippen LogP contribution in [0.25, 0.3) is 0 Å². The molecular weight excluding hydrogens is 256 g/mol. The Hall–Kier alpha value is -0.430. The van der Waals surface area contributed by atoms with Gasteiger partial charge in [0.25, 0.3) is 0 Å². The smallest absolute Gasteiger partial charge is 0.151 e. The minimum atomic E-state index is -2.83. The fraction of sp³-hybridized carbons (Fsp3) is 0.636. The molecule has 2 atom stereocenters. The van der Waals surface area contributed by atoms with Crippen molar-refractivity contribution in [2.45, 2.75) is 18.5 Å². The van der Waals surface area contributed by atoms with E-state index in [2.05, 4.69) is 16.3 Å². The van der Waals surface area contributed by atoms with Gasteiger partial charge in [-0.1, -0.05) is 0 Å². The van der Waals surface area contributed by atoms with E-state index in [4.69, 9.17) is 5.73 Å². The zero-order chi connectivity index (χ0) is 12.5. The van der Waals surface area contributed by atoms with Gasteiger partial charge in [-0.15, -0.1) is 0 Å². The van der Waals surface area contributed by atoms with E-state index in [-0.39, 0.29) is 17.8 Å². The largest absolute Gasteiger partial charge is 0.329 e. The van der Waals surface area contributed by atoms with Crippen LogP contribution in [0.15, 0.2) is 16.8 Å². The van der Waals surface area contributed by atoms with Crippen molar-refractivity contribution in [2.75, 3.05) is 25.1 Å². The van der Waals surface area contributed by atoms with Crippen LogP contribution < -0.4 is 5.73 Å². The van der Waals surface area contributed by atoms with E-state index in [1.165, 1.54) is 5.56 Å². The van der Waals surface area contributed by atoms with Crippen molar-refractivity contribution in [1.82, 2.24) is 4.90 Å². The van der Waals surface area contributed by atoms with Crippen LogP contribution in [-0.4, -0.2) is 44.5 Å². The van der Waals surface area contributed by atoms with Crippen LogP contribution in [0, 0.1) is 0 Å². The summed E-state index contributed by atoms with van der Waals surface area (Å²) in [7, 11) is -0.858. The van der Waals surface area contributed by atoms with Gasteiger partial charge in [-0.05, 0) is 35.9 Å². The van der Waals surface area contributed by atoms with Crippen LogP contribution in [0.5, 0.6) is 0 Å². The minimum absolute atomic E-state index is 0.105. The number of sulfone groups is 1. The number of rotatable bonds is 4. The zero-order valence-electron chi connectivity index (χ0n) is 9.87. The number of thiophene rings is 1. The van der Waals surface area contributed by atoms with Crippen molar-refractivity contribution in [3.8, 4) is 0 Å². The van der Waals surface area contributed by atoms with Gasteiger partial charge in [0.1, 0.15) is 0 Å². The molecule has 96 valence electrons. The Morgan fingerprint density at radius 2 is 2.41 bits per heavy atom. The topological polar surface area (TPSA) is 63.4 Å². The van der Waals surface area contributed by atoms with Gasteiger partial charge < -0.3 is 5.73 Å². The molecule has 4 nitrogen and oxygen atoms in total. The highest BCUT2D eigenvalue weighted by atomic mass is 32.2. The Morgan fingerprint density at radius 1 is 1.65 bits per heavy atom. The van der Waals surface area contributed by atoms with Crippen molar-refractivity contribution in [2.24, 2.45) is 5.73 Å². The number of hydrogen-bond acceptors (Lipinski definition) is 5. The molecule has 2 N–H and O–H groups in total. The third-order valence-corrected chi connectivity index (χ3v) is 5.88. The van der Waals surface area contributed by atoms with Crippen molar-refractivity contribution < 1.29 is 8.42 Å². The van der Waals surface area contributed by atoms with E-state index in [0.717, 1.165) is 6.42 Å². The molecule has 1 aliphatic heterocycles. The number of nitrogens with two attached hydrogens (primary N) is 1. The van der Waals surface area contributed by atoms with Crippen LogP contribution in [0.1, 0.15) is 18.0 Å². The summed E-state index contributed by atoms with van der Waals surface area (Å²) in [5, 5.41) is 4.11. The molecule has 6 heteroatoms. The molecule has 1 aromatic heterocycles. The van der Waals surface area contributed by atoms with Gasteiger partial charge in [-0.2, -0.15) is 11.3 Å². The monoisotopic (exact) mass is 274 g/mol.